The minimum atomic E-state index is -0.759. The van der Waals surface area contributed by atoms with Crippen LogP contribution in [0, 0.1) is 11.8 Å². The van der Waals surface area contributed by atoms with Gasteiger partial charge in [0.2, 0.25) is 5.13 Å². The van der Waals surface area contributed by atoms with Crippen LogP contribution in [-0.4, -0.2) is 27.0 Å². The van der Waals surface area contributed by atoms with Crippen LogP contribution in [0.15, 0.2) is 0 Å². The number of nitrogens with zero attached hydrogens (tertiary/aromatic N) is 2. The van der Waals surface area contributed by atoms with Crippen molar-refractivity contribution in [2.45, 2.75) is 40.0 Å². The molecule has 2 N–H and O–H groups in total. The summed E-state index contributed by atoms with van der Waals surface area (Å²) in [5, 5.41) is 12.9. The standard InChI is InChI=1S/C12H21N3O2S/c1-7(2)5-9(11(16)17)6-13-12-14-10(8(3)4)15-18-12/h7-9H,5-6H2,1-4H3,(H,16,17)(H,13,14,15). The lowest BCUT2D eigenvalue weighted by Crippen LogP contribution is -2.24. The number of carbonyl (C=O) groups is 1. The number of rotatable bonds is 7. The molecular formula is C12H21N3O2S. The zero-order chi connectivity index (χ0) is 13.7. The Morgan fingerprint density at radius 1 is 1.39 bits per heavy atom. The molecule has 0 aliphatic carbocycles. The molecule has 18 heavy (non-hydrogen) atoms. The number of carboxylic acid groups (broad SMARTS) is 1. The van der Waals surface area contributed by atoms with Crippen molar-refractivity contribution in [3.05, 3.63) is 5.82 Å². The molecule has 0 aliphatic heterocycles. The molecule has 1 aromatic heterocycles. The van der Waals surface area contributed by atoms with Gasteiger partial charge in [0.25, 0.3) is 0 Å². The number of aliphatic carboxylic acids is 1. The molecule has 1 aromatic rings. The molecule has 0 amide bonds. The van der Waals surface area contributed by atoms with Crippen molar-refractivity contribution < 1.29 is 9.90 Å². The molecular weight excluding hydrogens is 250 g/mol. The molecule has 0 spiro atoms. The Morgan fingerprint density at radius 3 is 2.50 bits per heavy atom. The number of anilines is 1. The van der Waals surface area contributed by atoms with Crippen LogP contribution in [0.3, 0.4) is 0 Å². The zero-order valence-corrected chi connectivity index (χ0v) is 12.1. The lowest BCUT2D eigenvalue weighted by molar-refractivity contribution is -0.141. The van der Waals surface area contributed by atoms with Crippen molar-refractivity contribution in [3.63, 3.8) is 0 Å². The van der Waals surface area contributed by atoms with Gasteiger partial charge in [-0.2, -0.15) is 4.37 Å². The molecule has 6 heteroatoms. The van der Waals surface area contributed by atoms with Crippen LogP contribution in [0.2, 0.25) is 0 Å². The molecule has 0 saturated carbocycles. The Bertz CT molecular complexity index is 390. The highest BCUT2D eigenvalue weighted by Crippen LogP contribution is 2.19. The number of aromatic nitrogens is 2. The molecule has 0 aromatic carbocycles. The summed E-state index contributed by atoms with van der Waals surface area (Å²) in [5.41, 5.74) is 0. The Hall–Kier alpha value is -1.17. The van der Waals surface area contributed by atoms with Crippen molar-refractivity contribution in [3.8, 4) is 0 Å². The highest BCUT2D eigenvalue weighted by atomic mass is 32.1. The third-order valence-corrected chi connectivity index (χ3v) is 3.25. The van der Waals surface area contributed by atoms with Crippen LogP contribution in [0.5, 0.6) is 0 Å². The van der Waals surface area contributed by atoms with Crippen LogP contribution in [0.1, 0.15) is 45.9 Å². The van der Waals surface area contributed by atoms with E-state index in [0.717, 1.165) is 5.82 Å². The fourth-order valence-electron chi connectivity index (χ4n) is 1.59. The molecule has 0 saturated heterocycles. The average molecular weight is 271 g/mol. The molecule has 0 bridgehead atoms. The Labute approximate surface area is 112 Å². The third-order valence-electron chi connectivity index (χ3n) is 2.56. The van der Waals surface area contributed by atoms with Gasteiger partial charge in [0, 0.05) is 24.0 Å². The lowest BCUT2D eigenvalue weighted by atomic mass is 9.97. The fourth-order valence-corrected chi connectivity index (χ4v) is 2.31. The highest BCUT2D eigenvalue weighted by molar-refractivity contribution is 7.09. The van der Waals surface area contributed by atoms with Crippen LogP contribution < -0.4 is 5.32 Å². The quantitative estimate of drug-likeness (QED) is 0.797. The molecule has 1 unspecified atom stereocenters. The van der Waals surface area contributed by atoms with E-state index < -0.39 is 5.97 Å². The third kappa shape index (κ3) is 4.60. The fraction of sp³-hybridized carbons (Fsp3) is 0.750. The topological polar surface area (TPSA) is 75.1 Å². The maximum absolute atomic E-state index is 11.1. The van der Waals surface area contributed by atoms with Crippen LogP contribution in [0.4, 0.5) is 5.13 Å². The summed E-state index contributed by atoms with van der Waals surface area (Å²) in [6.07, 6.45) is 0.665. The van der Waals surface area contributed by atoms with Crippen molar-refractivity contribution in [1.29, 1.82) is 0 Å². The maximum atomic E-state index is 11.1. The van der Waals surface area contributed by atoms with Gasteiger partial charge in [0.05, 0.1) is 5.92 Å². The van der Waals surface area contributed by atoms with E-state index in [1.807, 2.05) is 27.7 Å². The normalized spacial score (nSPS) is 13.0. The monoisotopic (exact) mass is 271 g/mol. The van der Waals surface area contributed by atoms with E-state index >= 15 is 0 Å². The molecule has 0 fully saturated rings. The summed E-state index contributed by atoms with van der Waals surface area (Å²) in [7, 11) is 0. The molecule has 1 heterocycles. The first-order valence-electron chi connectivity index (χ1n) is 6.20. The summed E-state index contributed by atoms with van der Waals surface area (Å²) in [6, 6.07) is 0. The van der Waals surface area contributed by atoms with Gasteiger partial charge in [-0.1, -0.05) is 27.7 Å². The van der Waals surface area contributed by atoms with Gasteiger partial charge in [-0.05, 0) is 12.3 Å². The number of carboxylic acids is 1. The maximum Gasteiger partial charge on any atom is 0.308 e. The van der Waals surface area contributed by atoms with Gasteiger partial charge in [-0.15, -0.1) is 0 Å². The lowest BCUT2D eigenvalue weighted by Gasteiger charge is -2.14. The molecule has 1 rings (SSSR count). The molecule has 5 nitrogen and oxygen atoms in total. The minimum absolute atomic E-state index is 0.294. The number of hydrogen-bond acceptors (Lipinski definition) is 5. The summed E-state index contributed by atoms with van der Waals surface area (Å²) in [5.74, 6) is 0.329. The Morgan fingerprint density at radius 2 is 2.06 bits per heavy atom. The number of nitrogens with one attached hydrogen (secondary N) is 1. The Balaban J connectivity index is 2.53. The molecule has 102 valence electrons. The second-order valence-electron chi connectivity index (χ2n) is 5.16. The van der Waals surface area contributed by atoms with Crippen LogP contribution in [0.25, 0.3) is 0 Å². The van der Waals surface area contributed by atoms with Gasteiger partial charge >= 0.3 is 5.97 Å². The van der Waals surface area contributed by atoms with Gasteiger partial charge in [0.15, 0.2) is 0 Å². The summed E-state index contributed by atoms with van der Waals surface area (Å²) < 4.78 is 4.22. The van der Waals surface area contributed by atoms with Crippen LogP contribution in [-0.2, 0) is 4.79 Å². The largest absolute Gasteiger partial charge is 0.481 e. The Kier molecular flexibility index (Phi) is 5.53. The molecule has 1 atom stereocenters. The smallest absolute Gasteiger partial charge is 0.308 e. The predicted octanol–water partition coefficient (Wildman–Crippen LogP) is 2.82. The second kappa shape index (κ2) is 6.68. The van der Waals surface area contributed by atoms with E-state index in [0.29, 0.717) is 29.9 Å². The average Bonchev–Trinajstić information content (AvgIpc) is 2.72. The first-order chi connectivity index (χ1) is 8.40. The van der Waals surface area contributed by atoms with Gasteiger partial charge < -0.3 is 10.4 Å². The van der Waals surface area contributed by atoms with Crippen molar-refractivity contribution in [2.24, 2.45) is 11.8 Å². The first kappa shape index (κ1) is 14.9. The first-order valence-corrected chi connectivity index (χ1v) is 6.97. The van der Waals surface area contributed by atoms with Gasteiger partial charge in [-0.3, -0.25) is 4.79 Å². The summed E-state index contributed by atoms with van der Waals surface area (Å²) >= 11 is 1.29. The van der Waals surface area contributed by atoms with E-state index in [4.69, 9.17) is 5.11 Å². The summed E-state index contributed by atoms with van der Waals surface area (Å²) in [4.78, 5) is 15.4. The van der Waals surface area contributed by atoms with E-state index in [1.54, 1.807) is 0 Å². The summed E-state index contributed by atoms with van der Waals surface area (Å²) in [6.45, 7) is 8.52. The van der Waals surface area contributed by atoms with Crippen LogP contribution >= 0.6 is 11.5 Å². The number of hydrogen-bond donors (Lipinski definition) is 2. The predicted molar refractivity (Wildman–Crippen MR) is 73.1 cm³/mol. The molecule has 0 radical (unpaired) electrons. The second-order valence-corrected chi connectivity index (χ2v) is 5.91. The SMILES string of the molecule is CC(C)CC(CNc1nc(C(C)C)ns1)C(=O)O. The minimum Gasteiger partial charge on any atom is -0.481 e. The van der Waals surface area contributed by atoms with Gasteiger partial charge in [-0.25, -0.2) is 4.98 Å². The van der Waals surface area contributed by atoms with Crippen molar-refractivity contribution >= 4 is 22.6 Å². The van der Waals surface area contributed by atoms with E-state index in [-0.39, 0.29) is 5.92 Å². The van der Waals surface area contributed by atoms with E-state index in [1.165, 1.54) is 11.5 Å². The van der Waals surface area contributed by atoms with Crippen molar-refractivity contribution in [2.75, 3.05) is 11.9 Å². The highest BCUT2D eigenvalue weighted by Gasteiger charge is 2.19. The van der Waals surface area contributed by atoms with E-state index in [9.17, 15) is 4.79 Å². The zero-order valence-electron chi connectivity index (χ0n) is 11.3. The van der Waals surface area contributed by atoms with Gasteiger partial charge in [0.1, 0.15) is 5.82 Å². The molecule has 0 aliphatic rings. The van der Waals surface area contributed by atoms with Crippen molar-refractivity contribution in [1.82, 2.24) is 9.36 Å². The van der Waals surface area contributed by atoms with E-state index in [2.05, 4.69) is 14.7 Å².